The second-order valence-corrected chi connectivity index (χ2v) is 4.80. The monoisotopic (exact) mass is 326 g/mol. The molecule has 2 rings (SSSR count). The normalized spacial score (nSPS) is 9.71. The van der Waals surface area contributed by atoms with Gasteiger partial charge in [0.05, 0.1) is 24.9 Å². The molecule has 1 aromatic carbocycles. The van der Waals surface area contributed by atoms with Crippen LogP contribution in [0.15, 0.2) is 55.4 Å². The smallest absolute Gasteiger partial charge is 0.257 e. The highest BCUT2D eigenvalue weighted by molar-refractivity contribution is 5.96. The van der Waals surface area contributed by atoms with Gasteiger partial charge in [-0.3, -0.25) is 25.4 Å². The molecule has 0 unspecified atom stereocenters. The Bertz CT molecular complexity index is 714. The summed E-state index contributed by atoms with van der Waals surface area (Å²) in [5.74, 6) is -0.0390. The van der Waals surface area contributed by atoms with Crippen molar-refractivity contribution in [2.45, 2.75) is 0 Å². The van der Waals surface area contributed by atoms with Crippen LogP contribution in [0.1, 0.15) is 15.9 Å². The molecule has 0 bridgehead atoms. The molecule has 7 nitrogen and oxygen atoms in total. The molecule has 0 aliphatic carbocycles. The highest BCUT2D eigenvalue weighted by atomic mass is 16.5. The van der Waals surface area contributed by atoms with Gasteiger partial charge in [0.25, 0.3) is 11.8 Å². The van der Waals surface area contributed by atoms with Crippen LogP contribution >= 0.6 is 0 Å². The summed E-state index contributed by atoms with van der Waals surface area (Å²) in [6, 6.07) is 10.5. The fourth-order valence-corrected chi connectivity index (χ4v) is 1.81. The number of hydrogen-bond donors (Lipinski definition) is 3. The zero-order chi connectivity index (χ0) is 17.4. The maximum absolute atomic E-state index is 11.8. The Hall–Kier alpha value is -3.35. The van der Waals surface area contributed by atoms with Crippen molar-refractivity contribution in [2.24, 2.45) is 0 Å². The molecule has 24 heavy (non-hydrogen) atoms. The first-order valence-electron chi connectivity index (χ1n) is 7.16. The first kappa shape index (κ1) is 17.0. The fraction of sp³-hybridized carbons (Fsp3) is 0.118. The molecule has 0 aliphatic heterocycles. The van der Waals surface area contributed by atoms with Gasteiger partial charge in [-0.15, -0.1) is 0 Å². The molecule has 0 radical (unpaired) electrons. The van der Waals surface area contributed by atoms with Gasteiger partial charge in [-0.25, -0.2) is 0 Å². The molecule has 124 valence electrons. The number of nitrogens with zero attached hydrogens (tertiary/aromatic N) is 1. The van der Waals surface area contributed by atoms with Crippen LogP contribution in [-0.2, 0) is 4.79 Å². The molecule has 0 aliphatic rings. The molecular weight excluding hydrogens is 308 g/mol. The quantitative estimate of drug-likeness (QED) is 0.663. The average molecular weight is 326 g/mol. The van der Waals surface area contributed by atoms with Crippen molar-refractivity contribution >= 4 is 17.5 Å². The first-order chi connectivity index (χ1) is 11.6. The highest BCUT2D eigenvalue weighted by Crippen LogP contribution is 2.15. The van der Waals surface area contributed by atoms with Gasteiger partial charge in [0.2, 0.25) is 0 Å². The van der Waals surface area contributed by atoms with E-state index in [9.17, 15) is 9.59 Å². The van der Waals surface area contributed by atoms with Crippen LogP contribution in [0.2, 0.25) is 0 Å². The largest absolute Gasteiger partial charge is 0.497 e. The lowest BCUT2D eigenvalue weighted by atomic mass is 10.2. The van der Waals surface area contributed by atoms with Crippen LogP contribution in [0.4, 0.5) is 0 Å². The number of aromatic nitrogens is 1. The third kappa shape index (κ3) is 4.84. The van der Waals surface area contributed by atoms with Crippen molar-refractivity contribution in [3.63, 3.8) is 0 Å². The van der Waals surface area contributed by atoms with Crippen LogP contribution in [0.5, 0.6) is 5.75 Å². The van der Waals surface area contributed by atoms with Gasteiger partial charge >= 0.3 is 0 Å². The summed E-state index contributed by atoms with van der Waals surface area (Å²) < 4.78 is 5.07. The standard InChI is InChI=1S/C17H18N4O3/c1-12(13-5-7-15(24-2)8-6-13)20-21-16(22)11-19-17(23)14-4-3-9-18-10-14/h3-10,20H,1,11H2,2H3,(H,19,23)(H,21,22). The summed E-state index contributed by atoms with van der Waals surface area (Å²) in [6.45, 7) is 3.66. The number of ether oxygens (including phenoxy) is 1. The summed E-state index contributed by atoms with van der Waals surface area (Å²) in [5, 5.41) is 2.50. The highest BCUT2D eigenvalue weighted by Gasteiger charge is 2.08. The maximum atomic E-state index is 11.8. The molecule has 7 heteroatoms. The minimum absolute atomic E-state index is 0.170. The summed E-state index contributed by atoms with van der Waals surface area (Å²) in [7, 11) is 1.59. The minimum atomic E-state index is -0.401. The second-order valence-electron chi connectivity index (χ2n) is 4.80. The van der Waals surface area contributed by atoms with Gasteiger partial charge in [0.15, 0.2) is 0 Å². The number of benzene rings is 1. The first-order valence-corrected chi connectivity index (χ1v) is 7.16. The minimum Gasteiger partial charge on any atom is -0.497 e. The van der Waals surface area contributed by atoms with E-state index < -0.39 is 5.91 Å². The summed E-state index contributed by atoms with van der Waals surface area (Å²) >= 11 is 0. The van der Waals surface area contributed by atoms with Crippen molar-refractivity contribution in [1.82, 2.24) is 21.2 Å². The van der Waals surface area contributed by atoms with Crippen LogP contribution in [-0.4, -0.2) is 30.5 Å². The van der Waals surface area contributed by atoms with E-state index in [1.165, 1.54) is 6.20 Å². The molecule has 0 saturated heterocycles. The number of carbonyl (C=O) groups excluding carboxylic acids is 2. The van der Waals surface area contributed by atoms with E-state index in [1.54, 1.807) is 37.6 Å². The topological polar surface area (TPSA) is 92.3 Å². The molecule has 2 amide bonds. The summed E-state index contributed by atoms with van der Waals surface area (Å²) in [5.41, 5.74) is 6.88. The Morgan fingerprint density at radius 3 is 2.50 bits per heavy atom. The number of pyridine rings is 1. The van der Waals surface area contributed by atoms with E-state index >= 15 is 0 Å². The van der Waals surface area contributed by atoms with Gasteiger partial charge in [-0.2, -0.15) is 0 Å². The second kappa shape index (κ2) is 8.33. The van der Waals surface area contributed by atoms with Crippen molar-refractivity contribution in [3.8, 4) is 5.75 Å². The molecule has 2 aromatic rings. The molecular formula is C17H18N4O3. The van der Waals surface area contributed by atoms with E-state index in [0.29, 0.717) is 11.3 Å². The molecule has 0 fully saturated rings. The Morgan fingerprint density at radius 1 is 1.12 bits per heavy atom. The summed E-state index contributed by atoms with van der Waals surface area (Å²) in [4.78, 5) is 27.4. The van der Waals surface area contributed by atoms with Crippen LogP contribution in [0.3, 0.4) is 0 Å². The SMILES string of the molecule is C=C(NNC(=O)CNC(=O)c1cccnc1)c1ccc(OC)cc1. The molecule has 0 saturated carbocycles. The number of nitrogens with one attached hydrogen (secondary N) is 3. The van der Waals surface area contributed by atoms with Crippen molar-refractivity contribution in [1.29, 1.82) is 0 Å². The Morgan fingerprint density at radius 2 is 1.88 bits per heavy atom. The van der Waals surface area contributed by atoms with Crippen molar-refractivity contribution < 1.29 is 14.3 Å². The van der Waals surface area contributed by atoms with E-state index in [-0.39, 0.29) is 12.5 Å². The lowest BCUT2D eigenvalue weighted by Crippen LogP contribution is -2.42. The van der Waals surface area contributed by atoms with Crippen LogP contribution in [0, 0.1) is 0 Å². The number of hydrazine groups is 1. The molecule has 1 aromatic heterocycles. The molecule has 1 heterocycles. The van der Waals surface area contributed by atoms with Crippen LogP contribution < -0.4 is 20.9 Å². The average Bonchev–Trinajstić information content (AvgIpc) is 2.64. The zero-order valence-corrected chi connectivity index (χ0v) is 13.2. The van der Waals surface area contributed by atoms with Gasteiger partial charge < -0.3 is 10.1 Å². The van der Waals surface area contributed by atoms with E-state index in [1.807, 2.05) is 12.1 Å². The Kier molecular flexibility index (Phi) is 5.90. The molecule has 0 atom stereocenters. The summed E-state index contributed by atoms with van der Waals surface area (Å²) in [6.07, 6.45) is 3.00. The predicted molar refractivity (Wildman–Crippen MR) is 89.9 cm³/mol. The fourth-order valence-electron chi connectivity index (χ4n) is 1.81. The number of carbonyl (C=O) groups is 2. The third-order valence-electron chi connectivity index (χ3n) is 3.12. The van der Waals surface area contributed by atoms with Gasteiger partial charge in [0, 0.05) is 12.4 Å². The zero-order valence-electron chi connectivity index (χ0n) is 13.2. The Labute approximate surface area is 139 Å². The molecule has 0 spiro atoms. The third-order valence-corrected chi connectivity index (χ3v) is 3.12. The lowest BCUT2D eigenvalue weighted by Gasteiger charge is -2.12. The van der Waals surface area contributed by atoms with Crippen molar-refractivity contribution in [2.75, 3.05) is 13.7 Å². The van der Waals surface area contributed by atoms with Gasteiger partial charge in [-0.05, 0) is 42.0 Å². The number of amides is 2. The van der Waals surface area contributed by atoms with Crippen LogP contribution in [0.25, 0.3) is 5.70 Å². The number of hydrogen-bond acceptors (Lipinski definition) is 5. The maximum Gasteiger partial charge on any atom is 0.257 e. The lowest BCUT2D eigenvalue weighted by molar-refractivity contribution is -0.120. The van der Waals surface area contributed by atoms with E-state index in [4.69, 9.17) is 4.74 Å². The molecule has 3 N–H and O–H groups in total. The Balaban J connectivity index is 1.76. The van der Waals surface area contributed by atoms with Gasteiger partial charge in [-0.1, -0.05) is 6.58 Å². The number of rotatable bonds is 7. The van der Waals surface area contributed by atoms with Gasteiger partial charge in [0.1, 0.15) is 5.75 Å². The van der Waals surface area contributed by atoms with E-state index in [0.717, 1.165) is 11.3 Å². The number of methoxy groups -OCH3 is 1. The predicted octanol–water partition coefficient (Wildman–Crippen LogP) is 1.11. The van der Waals surface area contributed by atoms with Crippen molar-refractivity contribution in [3.05, 3.63) is 66.5 Å². The van der Waals surface area contributed by atoms with E-state index in [2.05, 4.69) is 27.7 Å².